The van der Waals surface area contributed by atoms with E-state index in [0.717, 1.165) is 19.3 Å². The molecule has 7 aliphatic rings. The van der Waals surface area contributed by atoms with Crippen LogP contribution in [0.15, 0.2) is 11.6 Å². The van der Waals surface area contributed by atoms with Gasteiger partial charge >= 0.3 is 0 Å². The van der Waals surface area contributed by atoms with E-state index in [-0.39, 0.29) is 58.6 Å². The largest absolute Gasteiger partial charge is 0.396 e. The number of aliphatic hydroxyl groups excluding tert-OH is 11. The molecule has 7 rings (SSSR count). The van der Waals surface area contributed by atoms with Gasteiger partial charge in [0, 0.05) is 31.3 Å². The van der Waals surface area contributed by atoms with E-state index >= 15 is 0 Å². The molecule has 0 aromatic heterocycles. The van der Waals surface area contributed by atoms with Gasteiger partial charge in [0.25, 0.3) is 0 Å². The van der Waals surface area contributed by atoms with Crippen LogP contribution in [0, 0.1) is 46.3 Å². The Morgan fingerprint density at radius 2 is 1.35 bits per heavy atom. The molecule has 0 bridgehead atoms. The number of carbonyl (C=O) groups excluding carboxylic acids is 2. The predicted octanol–water partition coefficient (Wildman–Crippen LogP) is -1.89. The second kappa shape index (κ2) is 18.9. The lowest BCUT2D eigenvalue weighted by Crippen LogP contribution is -2.67. The fraction of sp³-hybridized carbons (Fsp3) is 0.907. The van der Waals surface area contributed by atoms with Gasteiger partial charge in [-0.2, -0.15) is 0 Å². The van der Waals surface area contributed by atoms with Crippen LogP contribution in [0.3, 0.4) is 0 Å². The molecule has 19 nitrogen and oxygen atoms in total. The van der Waals surface area contributed by atoms with Crippen LogP contribution >= 0.6 is 0 Å². The number of rotatable bonds is 13. The van der Waals surface area contributed by atoms with Gasteiger partial charge < -0.3 is 84.6 Å². The minimum atomic E-state index is -2.00. The third-order valence-corrected chi connectivity index (χ3v) is 16.0. The Morgan fingerprint density at radius 1 is 0.742 bits per heavy atom. The van der Waals surface area contributed by atoms with Crippen LogP contribution in [0.1, 0.15) is 85.5 Å². The zero-order valence-corrected chi connectivity index (χ0v) is 35.7. The summed E-state index contributed by atoms with van der Waals surface area (Å²) in [5.74, 6) is 0.164. The topological polar surface area (TPSA) is 312 Å². The van der Waals surface area contributed by atoms with Gasteiger partial charge in [-0.15, -0.1) is 0 Å². The van der Waals surface area contributed by atoms with Crippen LogP contribution in [-0.2, 0) is 38.0 Å². The summed E-state index contributed by atoms with van der Waals surface area (Å²) in [6, 6.07) is 0. The van der Waals surface area contributed by atoms with Crippen molar-refractivity contribution < 1.29 is 94.2 Å². The Bertz CT molecular complexity index is 1620. The SMILES string of the molecule is C[C@@H](CO)CCC(=O)[C@@H](C)[C@H]1C(=O)C[C@H]2[C@@H]3CC=C4CC(O[C@@H]5OC(CO)[C@@H](O[C@@H]6OC(O)[C@H](O)[C@H](O)C6O)[C@H](O)C5O[C@@H]5OC(O)[C@H](O)[C@H](O)C5O)CC[C@]4(C)[C@H]3CC[C@]12C. The number of fused-ring (bicyclic) bond motifs is 5. The number of ether oxygens (including phenoxy) is 6. The van der Waals surface area contributed by atoms with Crippen molar-refractivity contribution in [2.24, 2.45) is 46.3 Å². The van der Waals surface area contributed by atoms with Gasteiger partial charge in [0.15, 0.2) is 31.5 Å². The Morgan fingerprint density at radius 3 is 1.95 bits per heavy atom. The average Bonchev–Trinajstić information content (AvgIpc) is 3.52. The van der Waals surface area contributed by atoms with Crippen molar-refractivity contribution in [3.63, 3.8) is 0 Å². The van der Waals surface area contributed by atoms with E-state index in [0.29, 0.717) is 38.5 Å². The highest BCUT2D eigenvalue weighted by Crippen LogP contribution is 2.66. The highest BCUT2D eigenvalue weighted by molar-refractivity contribution is 5.92. The van der Waals surface area contributed by atoms with Crippen LogP contribution < -0.4 is 0 Å². The average molecular weight is 889 g/mol. The summed E-state index contributed by atoms with van der Waals surface area (Å²) in [5.41, 5.74) is 0.640. The Balaban J connectivity index is 1.08. The summed E-state index contributed by atoms with van der Waals surface area (Å²) in [6.07, 6.45) is -20.0. The lowest BCUT2D eigenvalue weighted by atomic mass is 9.47. The summed E-state index contributed by atoms with van der Waals surface area (Å²) in [5, 5.41) is 114. The van der Waals surface area contributed by atoms with Gasteiger partial charge in [-0.1, -0.05) is 39.3 Å². The van der Waals surface area contributed by atoms with Gasteiger partial charge in [0.2, 0.25) is 0 Å². The Labute approximate surface area is 360 Å². The summed E-state index contributed by atoms with van der Waals surface area (Å²) in [6.45, 7) is 7.49. The van der Waals surface area contributed by atoms with E-state index in [2.05, 4.69) is 19.9 Å². The lowest BCUT2D eigenvalue weighted by Gasteiger charge is -2.58. The first-order chi connectivity index (χ1) is 29.2. The van der Waals surface area contributed by atoms with Crippen molar-refractivity contribution in [3.8, 4) is 0 Å². The van der Waals surface area contributed by atoms with Crippen LogP contribution in [0.2, 0.25) is 0 Å². The molecule has 3 aliphatic heterocycles. The zero-order valence-electron chi connectivity index (χ0n) is 35.7. The van der Waals surface area contributed by atoms with Crippen molar-refractivity contribution in [2.45, 2.75) is 184 Å². The molecular formula is C43H68O19. The number of hydrogen-bond acceptors (Lipinski definition) is 19. The zero-order chi connectivity index (χ0) is 45.2. The number of ketones is 2. The molecule has 62 heavy (non-hydrogen) atoms. The van der Waals surface area contributed by atoms with Crippen LogP contribution in [0.5, 0.6) is 0 Å². The van der Waals surface area contributed by atoms with E-state index in [4.69, 9.17) is 28.4 Å². The van der Waals surface area contributed by atoms with Gasteiger partial charge in [-0.05, 0) is 79.4 Å². The molecule has 3 heterocycles. The van der Waals surface area contributed by atoms with Crippen molar-refractivity contribution >= 4 is 11.6 Å². The molecule has 24 atom stereocenters. The van der Waals surface area contributed by atoms with E-state index in [9.17, 15) is 65.8 Å². The summed E-state index contributed by atoms with van der Waals surface area (Å²) < 4.78 is 34.8. The molecule has 7 unspecified atom stereocenters. The second-order valence-corrected chi connectivity index (χ2v) is 19.7. The molecule has 19 heteroatoms. The molecule has 11 N–H and O–H groups in total. The van der Waals surface area contributed by atoms with Crippen molar-refractivity contribution in [1.29, 1.82) is 0 Å². The second-order valence-electron chi connectivity index (χ2n) is 19.7. The molecule has 0 aromatic carbocycles. The maximum Gasteiger partial charge on any atom is 0.189 e. The molecule has 4 aliphatic carbocycles. The first-order valence-corrected chi connectivity index (χ1v) is 22.3. The van der Waals surface area contributed by atoms with Gasteiger partial charge in [0.05, 0.1) is 12.7 Å². The van der Waals surface area contributed by atoms with Crippen molar-refractivity contribution in [2.75, 3.05) is 13.2 Å². The van der Waals surface area contributed by atoms with E-state index in [1.54, 1.807) is 0 Å². The third kappa shape index (κ3) is 8.74. The molecule has 3 saturated carbocycles. The first kappa shape index (κ1) is 48.3. The fourth-order valence-electron chi connectivity index (χ4n) is 12.2. The summed E-state index contributed by atoms with van der Waals surface area (Å²) in [4.78, 5) is 27.2. The molecule has 3 saturated heterocycles. The van der Waals surface area contributed by atoms with Crippen molar-refractivity contribution in [1.82, 2.24) is 0 Å². The Kier molecular flexibility index (Phi) is 14.8. The lowest BCUT2D eigenvalue weighted by molar-refractivity contribution is -0.405. The number of carbonyl (C=O) groups is 2. The van der Waals surface area contributed by atoms with Crippen LogP contribution in [0.4, 0.5) is 0 Å². The highest BCUT2D eigenvalue weighted by Gasteiger charge is 2.63. The number of aliphatic hydroxyl groups is 11. The number of hydrogen-bond donors (Lipinski definition) is 11. The molecule has 6 fully saturated rings. The Hall–Kier alpha value is -1.60. The van der Waals surface area contributed by atoms with Gasteiger partial charge in [-0.3, -0.25) is 9.59 Å². The normalized spacial score (nSPS) is 50.5. The third-order valence-electron chi connectivity index (χ3n) is 16.0. The number of allylic oxidation sites excluding steroid dienone is 1. The standard InChI is InChI=1S/C43H68O19/c1-17(15-44)5-8-24(46)18(2)27-25(47)14-23-21-7-6-19-13-20(9-11-42(19,3)22(21)10-12-43(23,27)4)57-41-36(60-40-33(53)29(49)31(51)38(56)62-40)34(54)35(26(16-45)58-41)59-39-32(52)28(48)30(50)37(55)61-39/h6,17-18,20-23,26-41,44-45,48-56H,5,7-16H2,1-4H3/t17-,18-,20?,21-,22+,23+,26?,27+,28+,29+,30-,31-,32?,33?,34+,35-,36?,37?,38?,39-,40-,41-,42+,43+/m1/s1. The monoisotopic (exact) mass is 888 g/mol. The quantitative estimate of drug-likeness (QED) is 0.0901. The predicted molar refractivity (Wildman–Crippen MR) is 209 cm³/mol. The molecular weight excluding hydrogens is 820 g/mol. The molecule has 354 valence electrons. The van der Waals surface area contributed by atoms with E-state index < -0.39 is 111 Å². The fourth-order valence-corrected chi connectivity index (χ4v) is 12.2. The van der Waals surface area contributed by atoms with Crippen LogP contribution in [0.25, 0.3) is 0 Å². The van der Waals surface area contributed by atoms with Gasteiger partial charge in [0.1, 0.15) is 72.6 Å². The maximum absolute atomic E-state index is 13.8. The molecule has 0 aromatic rings. The van der Waals surface area contributed by atoms with Crippen LogP contribution in [-0.4, -0.2) is 180 Å². The molecule has 0 spiro atoms. The van der Waals surface area contributed by atoms with E-state index in [1.807, 2.05) is 13.8 Å². The number of Topliss-reactive ketones (excluding diaryl/α,β-unsaturated/α-hetero) is 2. The minimum absolute atomic E-state index is 0.0158. The smallest absolute Gasteiger partial charge is 0.189 e. The van der Waals surface area contributed by atoms with E-state index in [1.165, 1.54) is 5.57 Å². The first-order valence-electron chi connectivity index (χ1n) is 22.3. The van der Waals surface area contributed by atoms with Crippen molar-refractivity contribution in [3.05, 3.63) is 11.6 Å². The minimum Gasteiger partial charge on any atom is -0.396 e. The molecule has 0 radical (unpaired) electrons. The van der Waals surface area contributed by atoms with Gasteiger partial charge in [-0.25, -0.2) is 0 Å². The maximum atomic E-state index is 13.8. The highest BCUT2D eigenvalue weighted by atomic mass is 16.8. The summed E-state index contributed by atoms with van der Waals surface area (Å²) in [7, 11) is 0. The summed E-state index contributed by atoms with van der Waals surface area (Å²) >= 11 is 0. The molecule has 0 amide bonds.